The predicted octanol–water partition coefficient (Wildman–Crippen LogP) is 3.98. The molecular formula is C23H27BrN2O4. The number of alkyl halides is 1. The van der Waals surface area contributed by atoms with Gasteiger partial charge in [-0.3, -0.25) is 9.59 Å². The number of benzene rings is 1. The second-order valence-corrected chi connectivity index (χ2v) is 8.55. The van der Waals surface area contributed by atoms with Crippen LogP contribution in [0.3, 0.4) is 0 Å². The van der Waals surface area contributed by atoms with E-state index in [4.69, 9.17) is 9.47 Å². The summed E-state index contributed by atoms with van der Waals surface area (Å²) in [7, 11) is 0. The lowest BCUT2D eigenvalue weighted by molar-refractivity contribution is -0.146. The van der Waals surface area contributed by atoms with Crippen LogP contribution in [0.25, 0.3) is 6.08 Å². The van der Waals surface area contributed by atoms with Gasteiger partial charge < -0.3 is 20.1 Å². The standard InChI is InChI=1S/C23H27BrN2O4/c1-5-16-9-11-18(25-22(16)13(2)29-14(3)27)21(24)19-12-10-17-7-6-8-20(23(17)26-19)30-15(4)28/h5-10,12-13,18-19,21-22,25-26H,1,11H2,2-4H3. The minimum Gasteiger partial charge on any atom is -0.461 e. The van der Waals surface area contributed by atoms with Crippen molar-refractivity contribution in [3.8, 4) is 5.75 Å². The Hall–Kier alpha value is -2.38. The molecule has 0 saturated carbocycles. The summed E-state index contributed by atoms with van der Waals surface area (Å²) in [6.45, 7) is 8.57. The number of ether oxygens (including phenoxy) is 2. The van der Waals surface area contributed by atoms with Crippen LogP contribution in [0.5, 0.6) is 5.75 Å². The smallest absolute Gasteiger partial charge is 0.308 e. The van der Waals surface area contributed by atoms with Crippen LogP contribution in [0.2, 0.25) is 0 Å². The maximum atomic E-state index is 11.5. The molecule has 1 aromatic carbocycles. The summed E-state index contributed by atoms with van der Waals surface area (Å²) in [5.74, 6) is -0.150. The third kappa shape index (κ3) is 5.02. The summed E-state index contributed by atoms with van der Waals surface area (Å²) >= 11 is 3.85. The molecule has 30 heavy (non-hydrogen) atoms. The molecule has 0 amide bonds. The van der Waals surface area contributed by atoms with Gasteiger partial charge >= 0.3 is 11.9 Å². The number of halogens is 1. The molecule has 160 valence electrons. The quantitative estimate of drug-likeness (QED) is 0.368. The van der Waals surface area contributed by atoms with Crippen molar-refractivity contribution in [2.24, 2.45) is 0 Å². The van der Waals surface area contributed by atoms with Crippen molar-refractivity contribution in [1.82, 2.24) is 5.32 Å². The first-order valence-corrected chi connectivity index (χ1v) is 10.9. The Morgan fingerprint density at radius 1 is 1.30 bits per heavy atom. The summed E-state index contributed by atoms with van der Waals surface area (Å²) < 4.78 is 10.8. The van der Waals surface area contributed by atoms with Gasteiger partial charge in [0.1, 0.15) is 6.10 Å². The van der Waals surface area contributed by atoms with Gasteiger partial charge in [-0.1, -0.05) is 58.9 Å². The molecule has 5 unspecified atom stereocenters. The lowest BCUT2D eigenvalue weighted by Gasteiger charge is -2.39. The van der Waals surface area contributed by atoms with Crippen molar-refractivity contribution < 1.29 is 19.1 Å². The van der Waals surface area contributed by atoms with Crippen molar-refractivity contribution in [2.75, 3.05) is 5.32 Å². The first-order valence-electron chi connectivity index (χ1n) is 9.96. The third-order valence-electron chi connectivity index (χ3n) is 5.25. The number of carbonyl (C=O) groups excluding carboxylic acids is 2. The molecule has 2 aliphatic heterocycles. The minimum absolute atomic E-state index is 0.0296. The van der Waals surface area contributed by atoms with Crippen LogP contribution in [0.4, 0.5) is 5.69 Å². The molecule has 7 heteroatoms. The molecule has 2 aliphatic rings. The Labute approximate surface area is 185 Å². The van der Waals surface area contributed by atoms with Gasteiger partial charge in [-0.05, 0) is 25.0 Å². The van der Waals surface area contributed by atoms with Gasteiger partial charge in [0.25, 0.3) is 0 Å². The zero-order chi connectivity index (χ0) is 21.8. The van der Waals surface area contributed by atoms with E-state index in [-0.39, 0.29) is 41.0 Å². The largest absolute Gasteiger partial charge is 0.461 e. The molecule has 5 atom stereocenters. The molecule has 0 aromatic heterocycles. The van der Waals surface area contributed by atoms with E-state index in [0.717, 1.165) is 23.2 Å². The van der Waals surface area contributed by atoms with Gasteiger partial charge in [0.2, 0.25) is 0 Å². The number of fused-ring (bicyclic) bond motifs is 1. The summed E-state index contributed by atoms with van der Waals surface area (Å²) in [4.78, 5) is 22.9. The highest BCUT2D eigenvalue weighted by Crippen LogP contribution is 2.36. The maximum absolute atomic E-state index is 11.5. The average molecular weight is 475 g/mol. The number of carbonyl (C=O) groups is 2. The highest BCUT2D eigenvalue weighted by molar-refractivity contribution is 9.09. The van der Waals surface area contributed by atoms with E-state index in [1.807, 2.05) is 25.1 Å². The van der Waals surface area contributed by atoms with Crippen LogP contribution in [0.15, 0.2) is 48.6 Å². The van der Waals surface area contributed by atoms with E-state index in [0.29, 0.717) is 5.75 Å². The van der Waals surface area contributed by atoms with Crippen LogP contribution < -0.4 is 15.4 Å². The number of rotatable bonds is 6. The Morgan fingerprint density at radius 2 is 2.07 bits per heavy atom. The molecule has 2 heterocycles. The van der Waals surface area contributed by atoms with Crippen molar-refractivity contribution in [3.05, 3.63) is 54.1 Å². The predicted molar refractivity (Wildman–Crippen MR) is 122 cm³/mol. The van der Waals surface area contributed by atoms with Gasteiger partial charge in [-0.2, -0.15) is 0 Å². The van der Waals surface area contributed by atoms with Gasteiger partial charge in [0, 0.05) is 25.5 Å². The third-order valence-corrected chi connectivity index (χ3v) is 6.46. The Bertz CT molecular complexity index is 895. The molecule has 0 fully saturated rings. The molecule has 0 bridgehead atoms. The molecule has 3 rings (SSSR count). The van der Waals surface area contributed by atoms with Crippen LogP contribution in [-0.2, 0) is 14.3 Å². The zero-order valence-electron chi connectivity index (χ0n) is 17.4. The Kier molecular flexibility index (Phi) is 7.15. The zero-order valence-corrected chi connectivity index (χ0v) is 18.9. The van der Waals surface area contributed by atoms with Crippen molar-refractivity contribution in [3.63, 3.8) is 0 Å². The van der Waals surface area contributed by atoms with Crippen molar-refractivity contribution in [1.29, 1.82) is 0 Å². The van der Waals surface area contributed by atoms with Crippen LogP contribution in [0, 0.1) is 0 Å². The highest BCUT2D eigenvalue weighted by atomic mass is 79.9. The number of anilines is 1. The topological polar surface area (TPSA) is 76.7 Å². The SMILES string of the molecule is C=CC1=CCC(C(Br)C2C=Cc3cccc(OC(C)=O)c3N2)NC1C(C)OC(C)=O. The summed E-state index contributed by atoms with van der Waals surface area (Å²) in [6, 6.07) is 5.53. The second kappa shape index (κ2) is 9.62. The van der Waals surface area contributed by atoms with Crippen molar-refractivity contribution >= 4 is 39.6 Å². The lowest BCUT2D eigenvalue weighted by atomic mass is 9.90. The molecule has 2 N–H and O–H groups in total. The number of hydrogen-bond donors (Lipinski definition) is 2. The molecular weight excluding hydrogens is 448 g/mol. The van der Waals surface area contributed by atoms with E-state index < -0.39 is 0 Å². The Balaban J connectivity index is 1.77. The first-order chi connectivity index (χ1) is 14.3. The molecule has 6 nitrogen and oxygen atoms in total. The van der Waals surface area contributed by atoms with Crippen LogP contribution in [0.1, 0.15) is 32.8 Å². The van der Waals surface area contributed by atoms with Gasteiger partial charge in [0.15, 0.2) is 5.75 Å². The number of para-hydroxylation sites is 1. The monoisotopic (exact) mass is 474 g/mol. The summed E-state index contributed by atoms with van der Waals surface area (Å²) in [5.41, 5.74) is 2.79. The maximum Gasteiger partial charge on any atom is 0.308 e. The fraction of sp³-hybridized carbons (Fsp3) is 0.391. The van der Waals surface area contributed by atoms with Crippen LogP contribution in [-0.4, -0.2) is 41.0 Å². The molecule has 1 aromatic rings. The molecule has 0 spiro atoms. The summed E-state index contributed by atoms with van der Waals surface area (Å²) in [5, 5.41) is 7.10. The van der Waals surface area contributed by atoms with E-state index in [2.05, 4.69) is 45.3 Å². The molecule has 0 aliphatic carbocycles. The first kappa shape index (κ1) is 22.3. The van der Waals surface area contributed by atoms with E-state index in [9.17, 15) is 9.59 Å². The summed E-state index contributed by atoms with van der Waals surface area (Å²) in [6.07, 6.45) is 8.55. The number of esters is 2. The molecule has 0 saturated heterocycles. The van der Waals surface area contributed by atoms with E-state index >= 15 is 0 Å². The van der Waals surface area contributed by atoms with E-state index in [1.165, 1.54) is 13.8 Å². The van der Waals surface area contributed by atoms with E-state index in [1.54, 1.807) is 12.1 Å². The second-order valence-electron chi connectivity index (χ2n) is 7.50. The van der Waals surface area contributed by atoms with Gasteiger partial charge in [-0.15, -0.1) is 0 Å². The van der Waals surface area contributed by atoms with Gasteiger partial charge in [0.05, 0.1) is 22.6 Å². The fourth-order valence-corrected chi connectivity index (χ4v) is 4.57. The fourth-order valence-electron chi connectivity index (χ4n) is 3.89. The average Bonchev–Trinajstić information content (AvgIpc) is 2.71. The lowest BCUT2D eigenvalue weighted by Crippen LogP contribution is -2.54. The van der Waals surface area contributed by atoms with Crippen LogP contribution >= 0.6 is 15.9 Å². The van der Waals surface area contributed by atoms with Crippen molar-refractivity contribution in [2.45, 2.75) is 56.2 Å². The molecule has 0 radical (unpaired) electrons. The highest BCUT2D eigenvalue weighted by Gasteiger charge is 2.35. The minimum atomic E-state index is -0.356. The number of nitrogens with one attached hydrogen (secondary N) is 2. The Morgan fingerprint density at radius 3 is 2.73 bits per heavy atom. The number of hydrogen-bond acceptors (Lipinski definition) is 6. The van der Waals surface area contributed by atoms with Gasteiger partial charge in [-0.25, -0.2) is 0 Å². The normalized spacial score (nSPS) is 24.5.